The number of likely N-dealkylation sites (tertiary alicyclic amines) is 1. The summed E-state index contributed by atoms with van der Waals surface area (Å²) in [6, 6.07) is 15.3. The number of carbonyl (C=O) groups excluding carboxylic acids is 2. The molecule has 2 saturated heterocycles. The van der Waals surface area contributed by atoms with Gasteiger partial charge in [0.15, 0.2) is 0 Å². The summed E-state index contributed by atoms with van der Waals surface area (Å²) in [7, 11) is 3.72. The topological polar surface area (TPSA) is 62.3 Å². The van der Waals surface area contributed by atoms with Crippen molar-refractivity contribution in [1.82, 2.24) is 14.7 Å². The van der Waals surface area contributed by atoms with Gasteiger partial charge in [-0.3, -0.25) is 9.59 Å². The highest BCUT2D eigenvalue weighted by molar-refractivity contribution is 9.10. The normalized spacial score (nSPS) is 21.1. The Kier molecular flexibility index (Phi) is 8.81. The highest BCUT2D eigenvalue weighted by atomic mass is 79.9. The molecule has 0 saturated carbocycles. The number of piperazine rings is 1. The van der Waals surface area contributed by atoms with Crippen molar-refractivity contribution in [3.8, 4) is 5.75 Å². The number of methoxy groups -OCH3 is 1. The fourth-order valence-electron chi connectivity index (χ4n) is 4.81. The van der Waals surface area contributed by atoms with Crippen LogP contribution in [0, 0.1) is 5.92 Å². The Hall–Kier alpha value is -2.42. The number of carbonyl (C=O) groups is 2. The maximum atomic E-state index is 13.4. The Labute approximate surface area is 216 Å². The first-order valence-electron chi connectivity index (χ1n) is 12.2. The second-order valence-electron chi connectivity index (χ2n) is 9.44. The van der Waals surface area contributed by atoms with Crippen LogP contribution in [-0.2, 0) is 16.1 Å². The number of nitrogens with zero attached hydrogens (tertiary/aromatic N) is 3. The summed E-state index contributed by atoms with van der Waals surface area (Å²) in [6.07, 6.45) is 0.914. The Bertz CT molecular complexity index is 1020. The summed E-state index contributed by atoms with van der Waals surface area (Å²) in [4.78, 5) is 32.6. The molecule has 188 valence electrons. The number of hydrogen-bond donors (Lipinski definition) is 0. The van der Waals surface area contributed by atoms with Gasteiger partial charge in [-0.15, -0.1) is 0 Å². The number of likely N-dealkylation sites (N-methyl/N-ethyl adjacent to an activating group) is 1. The van der Waals surface area contributed by atoms with Crippen molar-refractivity contribution in [2.24, 2.45) is 5.92 Å². The van der Waals surface area contributed by atoms with E-state index in [2.05, 4.69) is 27.9 Å². The van der Waals surface area contributed by atoms with E-state index in [9.17, 15) is 9.59 Å². The molecule has 7 nitrogen and oxygen atoms in total. The number of amides is 2. The van der Waals surface area contributed by atoms with Gasteiger partial charge < -0.3 is 24.2 Å². The maximum Gasteiger partial charge on any atom is 0.253 e. The van der Waals surface area contributed by atoms with Crippen molar-refractivity contribution >= 4 is 27.7 Å². The molecule has 8 heteroatoms. The molecular weight excluding hydrogens is 510 g/mol. The number of rotatable bonds is 7. The van der Waals surface area contributed by atoms with Crippen molar-refractivity contribution in [1.29, 1.82) is 0 Å². The molecule has 2 heterocycles. The molecule has 2 aliphatic heterocycles. The van der Waals surface area contributed by atoms with E-state index in [1.807, 2.05) is 58.3 Å². The van der Waals surface area contributed by atoms with Gasteiger partial charge in [0.1, 0.15) is 11.9 Å². The quantitative estimate of drug-likeness (QED) is 0.533. The second-order valence-corrected chi connectivity index (χ2v) is 10.4. The number of ether oxygens (including phenoxy) is 2. The van der Waals surface area contributed by atoms with Crippen LogP contribution in [0.2, 0.25) is 0 Å². The Morgan fingerprint density at radius 1 is 1.00 bits per heavy atom. The van der Waals surface area contributed by atoms with Crippen molar-refractivity contribution < 1.29 is 19.1 Å². The van der Waals surface area contributed by atoms with E-state index >= 15 is 0 Å². The summed E-state index contributed by atoms with van der Waals surface area (Å²) in [5.41, 5.74) is 1.61. The van der Waals surface area contributed by atoms with Crippen LogP contribution >= 0.6 is 15.9 Å². The summed E-state index contributed by atoms with van der Waals surface area (Å²) < 4.78 is 12.5. The van der Waals surface area contributed by atoms with Crippen LogP contribution in [0.1, 0.15) is 28.8 Å². The fraction of sp³-hybridized carbons (Fsp3) is 0.481. The molecule has 0 N–H and O–H groups in total. The molecule has 2 atom stereocenters. The third kappa shape index (κ3) is 6.84. The third-order valence-corrected chi connectivity index (χ3v) is 7.31. The molecule has 0 unspecified atom stereocenters. The van der Waals surface area contributed by atoms with Gasteiger partial charge in [0.25, 0.3) is 5.91 Å². The van der Waals surface area contributed by atoms with Gasteiger partial charge in [-0.05, 0) is 42.9 Å². The van der Waals surface area contributed by atoms with Crippen molar-refractivity contribution in [3.05, 3.63) is 64.1 Å². The number of benzene rings is 2. The Balaban J connectivity index is 1.49. The van der Waals surface area contributed by atoms with Gasteiger partial charge in [0.2, 0.25) is 5.91 Å². The van der Waals surface area contributed by atoms with Crippen LogP contribution in [-0.4, -0.2) is 86.0 Å². The highest BCUT2D eigenvalue weighted by Gasteiger charge is 2.36. The zero-order chi connectivity index (χ0) is 24.8. The van der Waals surface area contributed by atoms with Gasteiger partial charge in [-0.1, -0.05) is 34.1 Å². The van der Waals surface area contributed by atoms with Gasteiger partial charge in [-0.2, -0.15) is 0 Å². The molecule has 35 heavy (non-hydrogen) atoms. The maximum absolute atomic E-state index is 13.4. The minimum absolute atomic E-state index is 0.0131. The van der Waals surface area contributed by atoms with Gasteiger partial charge in [0, 0.05) is 75.2 Å². The zero-order valence-electron chi connectivity index (χ0n) is 20.5. The minimum atomic E-state index is -0.135. The largest absolute Gasteiger partial charge is 0.490 e. The molecular formula is C27H34BrN3O4. The lowest BCUT2D eigenvalue weighted by molar-refractivity contribution is -0.135. The van der Waals surface area contributed by atoms with E-state index in [0.29, 0.717) is 38.1 Å². The molecule has 0 radical (unpaired) electrons. The third-order valence-electron chi connectivity index (χ3n) is 6.81. The van der Waals surface area contributed by atoms with Crippen LogP contribution < -0.4 is 4.74 Å². The van der Waals surface area contributed by atoms with Crippen LogP contribution in [0.4, 0.5) is 0 Å². The van der Waals surface area contributed by atoms with Crippen LogP contribution in [0.15, 0.2) is 53.0 Å². The molecule has 2 fully saturated rings. The summed E-state index contributed by atoms with van der Waals surface area (Å²) in [5, 5.41) is 0. The smallest absolute Gasteiger partial charge is 0.253 e. The lowest BCUT2D eigenvalue weighted by atomic mass is 9.90. The van der Waals surface area contributed by atoms with Gasteiger partial charge in [-0.25, -0.2) is 0 Å². The van der Waals surface area contributed by atoms with Gasteiger partial charge >= 0.3 is 0 Å². The molecule has 0 aromatic heterocycles. The lowest BCUT2D eigenvalue weighted by Gasteiger charge is -2.40. The lowest BCUT2D eigenvalue weighted by Crippen LogP contribution is -2.51. The van der Waals surface area contributed by atoms with Crippen molar-refractivity contribution in [2.75, 3.05) is 53.4 Å². The predicted octanol–water partition coefficient (Wildman–Crippen LogP) is 3.67. The Morgan fingerprint density at radius 2 is 1.77 bits per heavy atom. The van der Waals surface area contributed by atoms with Crippen molar-refractivity contribution in [3.63, 3.8) is 0 Å². The summed E-state index contributed by atoms with van der Waals surface area (Å²) in [5.74, 6) is 0.817. The molecule has 4 rings (SSSR count). The van der Waals surface area contributed by atoms with E-state index in [-0.39, 0.29) is 23.8 Å². The first kappa shape index (κ1) is 25.7. The second kappa shape index (κ2) is 12.0. The Morgan fingerprint density at radius 3 is 2.51 bits per heavy atom. The average Bonchev–Trinajstić information content (AvgIpc) is 2.85. The molecule has 0 bridgehead atoms. The van der Waals surface area contributed by atoms with Crippen LogP contribution in [0.3, 0.4) is 0 Å². The number of piperidine rings is 1. The molecule has 0 aliphatic carbocycles. The average molecular weight is 544 g/mol. The molecule has 2 aliphatic rings. The zero-order valence-corrected chi connectivity index (χ0v) is 22.1. The van der Waals surface area contributed by atoms with E-state index < -0.39 is 0 Å². The SMILES string of the molecule is COCc1cccc(C(=O)N2CC[C@H](Oc3cccc(Br)c3)[C@@H](CC(=O)N3CCN(C)CC3)C2)c1. The van der Waals surface area contributed by atoms with E-state index in [1.54, 1.807) is 7.11 Å². The summed E-state index contributed by atoms with van der Waals surface area (Å²) >= 11 is 3.50. The summed E-state index contributed by atoms with van der Waals surface area (Å²) in [6.45, 7) is 4.80. The number of halogens is 1. The fourth-order valence-corrected chi connectivity index (χ4v) is 5.19. The number of hydrogen-bond acceptors (Lipinski definition) is 5. The van der Waals surface area contributed by atoms with Gasteiger partial charge in [0.05, 0.1) is 6.61 Å². The van der Waals surface area contributed by atoms with E-state index in [1.165, 1.54) is 0 Å². The predicted molar refractivity (Wildman–Crippen MR) is 138 cm³/mol. The molecule has 2 aromatic carbocycles. The monoisotopic (exact) mass is 543 g/mol. The molecule has 2 aromatic rings. The van der Waals surface area contributed by atoms with E-state index in [4.69, 9.17) is 9.47 Å². The molecule has 2 amide bonds. The first-order valence-corrected chi connectivity index (χ1v) is 13.0. The molecule has 0 spiro atoms. The van der Waals surface area contributed by atoms with Crippen LogP contribution in [0.25, 0.3) is 0 Å². The van der Waals surface area contributed by atoms with Crippen molar-refractivity contribution in [2.45, 2.75) is 25.6 Å². The van der Waals surface area contributed by atoms with E-state index in [0.717, 1.165) is 42.0 Å². The highest BCUT2D eigenvalue weighted by Crippen LogP contribution is 2.29. The minimum Gasteiger partial charge on any atom is -0.490 e. The standard InChI is InChI=1S/C27H34BrN3O4/c1-29-11-13-30(14-12-29)26(32)16-22-18-31(27(33)21-6-3-5-20(15-21)19-34-2)10-9-25(22)35-24-8-4-7-23(28)17-24/h3-8,15,17,22,25H,9-14,16,18-19H2,1-2H3/t22-,25-/m0/s1. The van der Waals surface area contributed by atoms with Crippen LogP contribution in [0.5, 0.6) is 5.75 Å². The first-order chi connectivity index (χ1) is 16.9.